The zero-order valence-corrected chi connectivity index (χ0v) is 15.8. The Labute approximate surface area is 157 Å². The molecule has 1 fully saturated rings. The maximum atomic E-state index is 12.3. The van der Waals surface area contributed by atoms with Gasteiger partial charge in [-0.15, -0.1) is 0 Å². The Kier molecular flexibility index (Phi) is 4.70. The van der Waals surface area contributed by atoms with Crippen molar-refractivity contribution in [2.45, 2.75) is 6.92 Å². The van der Waals surface area contributed by atoms with Gasteiger partial charge in [-0.3, -0.25) is 4.79 Å². The van der Waals surface area contributed by atoms with Crippen molar-refractivity contribution < 1.29 is 9.21 Å². The molecule has 5 nitrogen and oxygen atoms in total. The first-order chi connectivity index (χ1) is 12.6. The minimum absolute atomic E-state index is 0.183. The standard InChI is InChI=1S/C20H21N3O2S/c1-14-3-5-15(6-4-14)17-8-7-16(25-17)13-18-19(24)21-20(26-18)23-11-9-22(2)10-12-23/h3-8,13H,9-12H2,1-2H3. The van der Waals surface area contributed by atoms with E-state index in [1.54, 1.807) is 6.08 Å². The Morgan fingerprint density at radius 2 is 1.81 bits per heavy atom. The lowest BCUT2D eigenvalue weighted by atomic mass is 10.1. The summed E-state index contributed by atoms with van der Waals surface area (Å²) in [4.78, 5) is 21.6. The molecule has 0 atom stereocenters. The minimum Gasteiger partial charge on any atom is -0.457 e. The first kappa shape index (κ1) is 17.1. The molecule has 1 amide bonds. The third-order valence-corrected chi connectivity index (χ3v) is 5.66. The first-order valence-electron chi connectivity index (χ1n) is 8.71. The molecule has 1 aromatic carbocycles. The van der Waals surface area contributed by atoms with Crippen LogP contribution >= 0.6 is 11.8 Å². The van der Waals surface area contributed by atoms with E-state index in [0.29, 0.717) is 10.7 Å². The van der Waals surface area contributed by atoms with Crippen LogP contribution in [0.15, 0.2) is 50.7 Å². The van der Waals surface area contributed by atoms with E-state index in [2.05, 4.69) is 40.9 Å². The monoisotopic (exact) mass is 367 g/mol. The van der Waals surface area contributed by atoms with Gasteiger partial charge in [-0.1, -0.05) is 29.8 Å². The van der Waals surface area contributed by atoms with E-state index in [9.17, 15) is 4.79 Å². The minimum atomic E-state index is -0.183. The summed E-state index contributed by atoms with van der Waals surface area (Å²) in [6, 6.07) is 12.0. The van der Waals surface area contributed by atoms with E-state index >= 15 is 0 Å². The molecule has 0 bridgehead atoms. The summed E-state index contributed by atoms with van der Waals surface area (Å²) in [6.45, 7) is 5.85. The van der Waals surface area contributed by atoms with E-state index in [4.69, 9.17) is 4.42 Å². The number of benzene rings is 1. The van der Waals surface area contributed by atoms with Gasteiger partial charge in [0.2, 0.25) is 0 Å². The number of likely N-dealkylation sites (N-methyl/N-ethyl adjacent to an activating group) is 1. The molecule has 0 saturated carbocycles. The molecule has 2 aliphatic heterocycles. The van der Waals surface area contributed by atoms with Gasteiger partial charge in [0, 0.05) is 37.8 Å². The van der Waals surface area contributed by atoms with Gasteiger partial charge in [0.25, 0.3) is 5.91 Å². The summed E-state index contributed by atoms with van der Waals surface area (Å²) in [6.07, 6.45) is 1.79. The summed E-state index contributed by atoms with van der Waals surface area (Å²) >= 11 is 1.44. The lowest BCUT2D eigenvalue weighted by Gasteiger charge is -2.32. The van der Waals surface area contributed by atoms with Crippen LogP contribution in [0.25, 0.3) is 17.4 Å². The van der Waals surface area contributed by atoms with Crippen molar-refractivity contribution in [2.24, 2.45) is 4.99 Å². The number of rotatable bonds is 2. The molecule has 6 heteroatoms. The molecule has 0 N–H and O–H groups in total. The van der Waals surface area contributed by atoms with Crippen LogP contribution in [0.3, 0.4) is 0 Å². The summed E-state index contributed by atoms with van der Waals surface area (Å²) in [5.74, 6) is 1.29. The van der Waals surface area contributed by atoms with Gasteiger partial charge in [0.15, 0.2) is 5.17 Å². The lowest BCUT2D eigenvalue weighted by molar-refractivity contribution is -0.113. The number of carbonyl (C=O) groups is 1. The number of thioether (sulfide) groups is 1. The third-order valence-electron chi connectivity index (χ3n) is 4.62. The van der Waals surface area contributed by atoms with Crippen molar-refractivity contribution in [2.75, 3.05) is 33.2 Å². The van der Waals surface area contributed by atoms with Crippen molar-refractivity contribution in [3.05, 3.63) is 52.6 Å². The van der Waals surface area contributed by atoms with Gasteiger partial charge in [-0.25, -0.2) is 0 Å². The first-order valence-corrected chi connectivity index (χ1v) is 9.53. The van der Waals surface area contributed by atoms with Crippen LogP contribution in [0.4, 0.5) is 0 Å². The van der Waals surface area contributed by atoms with Crippen LogP contribution in [0, 0.1) is 6.92 Å². The SMILES string of the molecule is Cc1ccc(-c2ccc(C=C3SC(N4CCN(C)CC4)=NC3=O)o2)cc1. The Morgan fingerprint density at radius 1 is 1.08 bits per heavy atom. The lowest BCUT2D eigenvalue weighted by Crippen LogP contribution is -2.46. The van der Waals surface area contributed by atoms with Crippen molar-refractivity contribution >= 4 is 28.9 Å². The van der Waals surface area contributed by atoms with Gasteiger partial charge in [0.05, 0.1) is 4.91 Å². The Bertz CT molecular complexity index is 875. The molecule has 1 aromatic heterocycles. The molecule has 2 aromatic rings. The van der Waals surface area contributed by atoms with E-state index in [1.165, 1.54) is 17.3 Å². The molecular weight excluding hydrogens is 346 g/mol. The van der Waals surface area contributed by atoms with Crippen LogP contribution in [0.5, 0.6) is 0 Å². The number of amides is 1. The highest BCUT2D eigenvalue weighted by molar-refractivity contribution is 8.18. The highest BCUT2D eigenvalue weighted by atomic mass is 32.2. The Hall–Kier alpha value is -2.31. The van der Waals surface area contributed by atoms with E-state index < -0.39 is 0 Å². The van der Waals surface area contributed by atoms with Crippen LogP contribution < -0.4 is 0 Å². The van der Waals surface area contributed by atoms with E-state index in [0.717, 1.165) is 42.7 Å². The fourth-order valence-corrected chi connectivity index (χ4v) is 3.91. The molecule has 0 spiro atoms. The summed E-state index contributed by atoms with van der Waals surface area (Å²) < 4.78 is 5.90. The zero-order chi connectivity index (χ0) is 18.1. The van der Waals surface area contributed by atoms with Crippen LogP contribution in [-0.2, 0) is 4.79 Å². The quantitative estimate of drug-likeness (QED) is 0.761. The summed E-state index contributed by atoms with van der Waals surface area (Å²) in [5, 5.41) is 0.805. The zero-order valence-electron chi connectivity index (χ0n) is 14.9. The van der Waals surface area contributed by atoms with E-state index in [1.807, 2.05) is 24.3 Å². The molecule has 0 aliphatic carbocycles. The second-order valence-corrected chi connectivity index (χ2v) is 7.68. The highest BCUT2D eigenvalue weighted by Gasteiger charge is 2.28. The summed E-state index contributed by atoms with van der Waals surface area (Å²) in [7, 11) is 2.11. The fraction of sp³-hybridized carbons (Fsp3) is 0.300. The molecule has 4 rings (SSSR count). The molecule has 26 heavy (non-hydrogen) atoms. The topological polar surface area (TPSA) is 49.0 Å². The number of aliphatic imine (C=N–C) groups is 1. The molecular formula is C20H21N3O2S. The van der Waals surface area contributed by atoms with Gasteiger partial charge >= 0.3 is 0 Å². The molecule has 134 valence electrons. The van der Waals surface area contributed by atoms with Gasteiger partial charge in [-0.05, 0) is 37.9 Å². The van der Waals surface area contributed by atoms with Crippen molar-refractivity contribution in [3.8, 4) is 11.3 Å². The molecule has 2 aliphatic rings. The van der Waals surface area contributed by atoms with Crippen LogP contribution in [0.1, 0.15) is 11.3 Å². The molecule has 1 saturated heterocycles. The number of furan rings is 1. The van der Waals surface area contributed by atoms with Crippen molar-refractivity contribution in [1.29, 1.82) is 0 Å². The number of piperazine rings is 1. The Morgan fingerprint density at radius 3 is 2.54 bits per heavy atom. The molecule has 0 unspecified atom stereocenters. The predicted molar refractivity (Wildman–Crippen MR) is 106 cm³/mol. The Balaban J connectivity index is 1.48. The number of amidine groups is 1. The smallest absolute Gasteiger partial charge is 0.286 e. The van der Waals surface area contributed by atoms with Crippen LogP contribution in [0.2, 0.25) is 0 Å². The van der Waals surface area contributed by atoms with Gasteiger partial charge < -0.3 is 14.2 Å². The van der Waals surface area contributed by atoms with Gasteiger partial charge in [0.1, 0.15) is 11.5 Å². The number of nitrogens with zero attached hydrogens (tertiary/aromatic N) is 3. The average molecular weight is 367 g/mol. The largest absolute Gasteiger partial charge is 0.457 e. The predicted octanol–water partition coefficient (Wildman–Crippen LogP) is 3.47. The maximum absolute atomic E-state index is 12.3. The maximum Gasteiger partial charge on any atom is 0.286 e. The second-order valence-electron chi connectivity index (χ2n) is 6.67. The number of hydrogen-bond donors (Lipinski definition) is 0. The molecule has 0 radical (unpaired) electrons. The van der Waals surface area contributed by atoms with Gasteiger partial charge in [-0.2, -0.15) is 4.99 Å². The fourth-order valence-electron chi connectivity index (χ4n) is 2.96. The third kappa shape index (κ3) is 3.61. The number of carbonyl (C=O) groups excluding carboxylic acids is 1. The molecule has 3 heterocycles. The number of aryl methyl sites for hydroxylation is 1. The number of hydrogen-bond acceptors (Lipinski definition) is 5. The normalized spacial score (nSPS) is 20.1. The van der Waals surface area contributed by atoms with Crippen molar-refractivity contribution in [1.82, 2.24) is 9.80 Å². The highest BCUT2D eigenvalue weighted by Crippen LogP contribution is 2.32. The second kappa shape index (κ2) is 7.13. The van der Waals surface area contributed by atoms with E-state index in [-0.39, 0.29) is 5.91 Å². The summed E-state index contributed by atoms with van der Waals surface area (Å²) in [5.41, 5.74) is 2.24. The van der Waals surface area contributed by atoms with Crippen LogP contribution in [-0.4, -0.2) is 54.1 Å². The van der Waals surface area contributed by atoms with Crippen molar-refractivity contribution in [3.63, 3.8) is 0 Å². The average Bonchev–Trinajstić information content (AvgIpc) is 3.24.